The Balaban J connectivity index is 1.43. The number of ether oxygens (including phenoxy) is 1. The van der Waals surface area contributed by atoms with Gasteiger partial charge in [-0.3, -0.25) is 14.5 Å². The largest absolute Gasteiger partial charge is 0.385 e. The van der Waals surface area contributed by atoms with E-state index in [9.17, 15) is 14.4 Å². The summed E-state index contributed by atoms with van der Waals surface area (Å²) >= 11 is 0. The van der Waals surface area contributed by atoms with Crippen molar-refractivity contribution in [3.8, 4) is 0 Å². The van der Waals surface area contributed by atoms with Crippen molar-refractivity contribution < 1.29 is 19.1 Å². The summed E-state index contributed by atoms with van der Waals surface area (Å²) in [6, 6.07) is 21.2. The predicted molar refractivity (Wildman–Crippen MR) is 149 cm³/mol. The molecule has 3 heterocycles. The minimum Gasteiger partial charge on any atom is -0.385 e. The minimum atomic E-state index is -0.688. The van der Waals surface area contributed by atoms with Gasteiger partial charge in [0.1, 0.15) is 12.1 Å². The van der Waals surface area contributed by atoms with Crippen molar-refractivity contribution in [2.45, 2.75) is 31.8 Å². The van der Waals surface area contributed by atoms with Crippen LogP contribution in [0.15, 0.2) is 72.8 Å². The summed E-state index contributed by atoms with van der Waals surface area (Å²) in [5, 5.41) is 3.93. The number of fused-ring (bicyclic) bond motifs is 4. The van der Waals surface area contributed by atoms with Crippen LogP contribution in [0.2, 0.25) is 0 Å². The van der Waals surface area contributed by atoms with E-state index in [0.29, 0.717) is 31.7 Å². The molecule has 0 aliphatic carbocycles. The zero-order chi connectivity index (χ0) is 27.1. The third-order valence-corrected chi connectivity index (χ3v) is 7.73. The molecule has 0 saturated carbocycles. The minimum absolute atomic E-state index is 0.285. The molecule has 0 radical (unpaired) electrons. The second kappa shape index (κ2) is 10.0. The Hall–Kier alpha value is -4.43. The summed E-state index contributed by atoms with van der Waals surface area (Å²) in [5.41, 5.74) is 5.52. The molecule has 6 rings (SSSR count). The summed E-state index contributed by atoms with van der Waals surface area (Å²) < 4.78 is 5.06. The van der Waals surface area contributed by atoms with Crippen LogP contribution in [0.4, 0.5) is 10.5 Å². The van der Waals surface area contributed by atoms with Crippen LogP contribution in [-0.4, -0.2) is 54.0 Å². The highest BCUT2D eigenvalue weighted by atomic mass is 16.5. The number of urea groups is 1. The molecule has 1 fully saturated rings. The number of hydrogen-bond donors (Lipinski definition) is 2. The van der Waals surface area contributed by atoms with E-state index in [-0.39, 0.29) is 17.4 Å². The third-order valence-electron chi connectivity index (χ3n) is 7.73. The van der Waals surface area contributed by atoms with E-state index in [4.69, 9.17) is 4.74 Å². The highest BCUT2D eigenvalue weighted by Gasteiger charge is 2.53. The maximum absolute atomic E-state index is 14.2. The first-order valence-electron chi connectivity index (χ1n) is 13.2. The standard InChI is InChI=1S/C31H30N4O4/c1-19-10-3-4-11-20(19)28-27-23(21-12-5-7-14-24(21)33-27)18-26-30(37)35(31(38)34(26)28)25-15-8-6-13-22(25)29(36)32-16-9-17-39-2/h3-8,10-15,26,28,33H,9,16-18H2,1-2H3,(H,32,36)/t26-,28+/m0/s1. The van der Waals surface area contributed by atoms with Crippen LogP contribution < -0.4 is 10.2 Å². The van der Waals surface area contributed by atoms with Crippen molar-refractivity contribution in [1.29, 1.82) is 0 Å². The maximum Gasteiger partial charge on any atom is 0.332 e. The van der Waals surface area contributed by atoms with Gasteiger partial charge in [-0.05, 0) is 48.2 Å². The van der Waals surface area contributed by atoms with Gasteiger partial charge in [-0.15, -0.1) is 0 Å². The fourth-order valence-electron chi connectivity index (χ4n) is 5.89. The number of para-hydroxylation sites is 2. The van der Waals surface area contributed by atoms with Gasteiger partial charge in [0.15, 0.2) is 0 Å². The molecule has 2 N–H and O–H groups in total. The smallest absolute Gasteiger partial charge is 0.332 e. The number of nitrogens with one attached hydrogen (secondary N) is 2. The van der Waals surface area contributed by atoms with Gasteiger partial charge in [0.25, 0.3) is 11.8 Å². The number of hydrogen-bond acceptors (Lipinski definition) is 4. The molecule has 0 bridgehead atoms. The van der Waals surface area contributed by atoms with Crippen LogP contribution in [0.5, 0.6) is 0 Å². The first kappa shape index (κ1) is 24.9. The molecule has 3 aromatic carbocycles. The van der Waals surface area contributed by atoms with Crippen LogP contribution in [0.1, 0.15) is 45.2 Å². The van der Waals surface area contributed by atoms with E-state index < -0.39 is 18.1 Å². The number of anilines is 1. The molecule has 198 valence electrons. The average molecular weight is 523 g/mol. The normalized spacial score (nSPS) is 18.4. The number of aryl methyl sites for hydroxylation is 1. The summed E-state index contributed by atoms with van der Waals surface area (Å²) in [6.45, 7) is 2.97. The lowest BCUT2D eigenvalue weighted by Gasteiger charge is -2.36. The van der Waals surface area contributed by atoms with Gasteiger partial charge >= 0.3 is 6.03 Å². The summed E-state index contributed by atoms with van der Waals surface area (Å²) in [5.74, 6) is -0.659. The SMILES string of the molecule is COCCCNC(=O)c1ccccc1N1C(=O)[C@@H]2Cc3c([nH]c4ccccc34)[C@@H](c3ccccc3C)N2C1=O. The van der Waals surface area contributed by atoms with Crippen molar-refractivity contribution in [1.82, 2.24) is 15.2 Å². The van der Waals surface area contributed by atoms with Gasteiger partial charge in [0.2, 0.25) is 0 Å². The topological polar surface area (TPSA) is 94.7 Å². The molecule has 0 unspecified atom stereocenters. The first-order valence-corrected chi connectivity index (χ1v) is 13.2. The van der Waals surface area contributed by atoms with Crippen molar-refractivity contribution in [2.75, 3.05) is 25.2 Å². The zero-order valence-electron chi connectivity index (χ0n) is 21.9. The number of aromatic amines is 1. The number of aromatic nitrogens is 1. The number of carbonyl (C=O) groups excluding carboxylic acids is 3. The highest BCUT2D eigenvalue weighted by Crippen LogP contribution is 2.45. The number of amides is 4. The Kier molecular flexibility index (Phi) is 6.40. The van der Waals surface area contributed by atoms with Crippen LogP contribution in [0.3, 0.4) is 0 Å². The van der Waals surface area contributed by atoms with E-state index >= 15 is 0 Å². The molecule has 2 aliphatic heterocycles. The molecule has 1 aromatic heterocycles. The Morgan fingerprint density at radius 2 is 1.77 bits per heavy atom. The number of rotatable bonds is 7. The number of imide groups is 1. The third kappa shape index (κ3) is 4.08. The monoisotopic (exact) mass is 522 g/mol. The van der Waals surface area contributed by atoms with Gasteiger partial charge in [-0.2, -0.15) is 0 Å². The van der Waals surface area contributed by atoms with Gasteiger partial charge < -0.3 is 15.0 Å². The molecule has 2 aliphatic rings. The van der Waals surface area contributed by atoms with E-state index in [0.717, 1.165) is 33.3 Å². The Morgan fingerprint density at radius 1 is 1.03 bits per heavy atom. The van der Waals surface area contributed by atoms with Crippen molar-refractivity contribution in [3.05, 3.63) is 101 Å². The number of benzene rings is 3. The Labute approximate surface area is 226 Å². The molecule has 8 nitrogen and oxygen atoms in total. The summed E-state index contributed by atoms with van der Waals surface area (Å²) in [4.78, 5) is 47.8. The fraction of sp³-hybridized carbons (Fsp3) is 0.258. The maximum atomic E-state index is 14.2. The number of methoxy groups -OCH3 is 1. The van der Waals surface area contributed by atoms with Crippen molar-refractivity contribution in [2.24, 2.45) is 0 Å². The molecule has 8 heteroatoms. The molecule has 4 aromatic rings. The van der Waals surface area contributed by atoms with Crippen LogP contribution in [0.25, 0.3) is 10.9 Å². The quantitative estimate of drug-likeness (QED) is 0.271. The molecule has 39 heavy (non-hydrogen) atoms. The molecule has 1 saturated heterocycles. The predicted octanol–water partition coefficient (Wildman–Crippen LogP) is 4.73. The number of carbonyl (C=O) groups is 3. The van der Waals surface area contributed by atoms with Gasteiger partial charge in [-0.1, -0.05) is 54.6 Å². The zero-order valence-corrected chi connectivity index (χ0v) is 21.9. The van der Waals surface area contributed by atoms with Crippen molar-refractivity contribution in [3.63, 3.8) is 0 Å². The second-order valence-corrected chi connectivity index (χ2v) is 10.0. The van der Waals surface area contributed by atoms with Gasteiger partial charge in [0.05, 0.1) is 11.3 Å². The summed E-state index contributed by atoms with van der Waals surface area (Å²) in [7, 11) is 1.61. The number of nitrogens with zero attached hydrogens (tertiary/aromatic N) is 2. The van der Waals surface area contributed by atoms with Crippen LogP contribution in [0, 0.1) is 6.92 Å². The summed E-state index contributed by atoms with van der Waals surface area (Å²) in [6.07, 6.45) is 1.06. The highest BCUT2D eigenvalue weighted by molar-refractivity contribution is 6.24. The van der Waals surface area contributed by atoms with E-state index in [1.807, 2.05) is 49.4 Å². The Morgan fingerprint density at radius 3 is 2.59 bits per heavy atom. The van der Waals surface area contributed by atoms with Gasteiger partial charge in [0, 0.05) is 43.3 Å². The lowest BCUT2D eigenvalue weighted by molar-refractivity contribution is -0.120. The number of H-pyrrole nitrogens is 1. The molecular formula is C31H30N4O4. The van der Waals surface area contributed by atoms with Gasteiger partial charge in [-0.25, -0.2) is 9.69 Å². The van der Waals surface area contributed by atoms with E-state index in [2.05, 4.69) is 16.4 Å². The van der Waals surface area contributed by atoms with Crippen molar-refractivity contribution >= 4 is 34.4 Å². The molecule has 2 atom stereocenters. The van der Waals surface area contributed by atoms with Crippen LogP contribution >= 0.6 is 0 Å². The first-order chi connectivity index (χ1) is 19.0. The lowest BCUT2D eigenvalue weighted by atomic mass is 9.87. The second-order valence-electron chi connectivity index (χ2n) is 10.0. The van der Waals surface area contributed by atoms with E-state index in [1.165, 1.54) is 4.90 Å². The molecular weight excluding hydrogens is 492 g/mol. The average Bonchev–Trinajstić information content (AvgIpc) is 3.44. The molecule has 0 spiro atoms. The molecule has 4 amide bonds. The van der Waals surface area contributed by atoms with Crippen LogP contribution in [-0.2, 0) is 16.0 Å². The van der Waals surface area contributed by atoms with E-state index in [1.54, 1.807) is 36.3 Å². The lowest BCUT2D eigenvalue weighted by Crippen LogP contribution is -2.44. The Bertz CT molecular complexity index is 1590. The fourth-order valence-corrected chi connectivity index (χ4v) is 5.89.